The van der Waals surface area contributed by atoms with Crippen LogP contribution in [-0.2, 0) is 4.74 Å². The van der Waals surface area contributed by atoms with E-state index in [1.165, 1.54) is 26.2 Å². The number of likely N-dealkylation sites (N-methyl/N-ethyl adjacent to an activating group) is 1. The lowest BCUT2D eigenvalue weighted by molar-refractivity contribution is 0.0238. The summed E-state index contributed by atoms with van der Waals surface area (Å²) in [5.41, 5.74) is 26.8. The summed E-state index contributed by atoms with van der Waals surface area (Å²) >= 11 is 0. The maximum Gasteiger partial charge on any atom is 0.0594 e. The van der Waals surface area contributed by atoms with Crippen LogP contribution in [0.4, 0.5) is 0 Å². The maximum absolute atomic E-state index is 5.42. The van der Waals surface area contributed by atoms with E-state index >= 15 is 0 Å². The Morgan fingerprint density at radius 1 is 0.455 bits per heavy atom. The summed E-state index contributed by atoms with van der Waals surface area (Å²) in [5, 5.41) is 12.7. The van der Waals surface area contributed by atoms with E-state index in [-0.39, 0.29) is 0 Å². The molecular formula is C70H177N17O. The van der Waals surface area contributed by atoms with Gasteiger partial charge >= 0.3 is 0 Å². The van der Waals surface area contributed by atoms with Gasteiger partial charge in [0.05, 0.1) is 13.2 Å². The summed E-state index contributed by atoms with van der Waals surface area (Å²) in [5.74, 6) is 0. The Bertz CT molecular complexity index is 1170. The zero-order chi connectivity index (χ0) is 71.7. The molecule has 0 spiro atoms. The molecule has 14 N–H and O–H groups in total. The van der Waals surface area contributed by atoms with Crippen LogP contribution in [0, 0.1) is 0 Å². The second-order valence-electron chi connectivity index (χ2n) is 27.4. The van der Waals surface area contributed by atoms with Gasteiger partial charge in [-0.1, -0.05) is 83.1 Å². The van der Waals surface area contributed by atoms with Gasteiger partial charge in [-0.3, -0.25) is 19.6 Å². The lowest BCUT2D eigenvalue weighted by atomic mass is 10.1. The molecular weight excluding hydrogens is 1090 g/mol. The highest BCUT2D eigenvalue weighted by Crippen LogP contribution is 2.13. The third kappa shape index (κ3) is 101. The van der Waals surface area contributed by atoms with Gasteiger partial charge in [-0.2, -0.15) is 0 Å². The first-order chi connectivity index (χ1) is 40.4. The van der Waals surface area contributed by atoms with Crippen molar-refractivity contribution in [1.82, 2.24) is 60.5 Å². The molecule has 0 aromatic rings. The standard InChI is InChI=1S/C8H19N.C7H19N3.C7H16N2.C7H15NO.C7H17N.C6H16N2.C6H15N.C5H14N2.2C5H13N.C4H11N.C3H9N/c1-7(2)9(6)8(3,4)5;1-7(2)10(5-3-8)6-4-9;1-7(2)9-5-3-8-4-6-9;1-7(2)8-3-5-9-6-4-8;1-5-8(6-2)7(3)4;1-6(2)8(3)5-4-7;1-5-7(4)6(2)3;1-5(2)7-4-3-6;1-5(2)6(3)4;1-4-6-5(2)3;1-4(2)5-3;1-3(2)4/h7H,1-6H3;7H,3-6,8-9H2,1-2H3;7-8H,3-6H2,1-2H3;7H,3-6H2,1-2H3;7H,5-6H2,1-4H3;6H,4-5,7H2,1-3H3;6H,5H2,1-4H3;5,7H,3-4,6H2,1-2H3;5H,1-4H3;5-6H,4H2,1-3H3;4-5H,1-3H3;3H,4H2,1-2H3. The van der Waals surface area contributed by atoms with Crippen molar-refractivity contribution < 1.29 is 4.74 Å². The molecule has 2 rings (SSSR count). The van der Waals surface area contributed by atoms with Crippen LogP contribution < -0.4 is 49.9 Å². The van der Waals surface area contributed by atoms with Crippen molar-refractivity contribution in [2.45, 2.75) is 293 Å². The van der Waals surface area contributed by atoms with Crippen LogP contribution in [-0.4, -0.2) is 291 Å². The van der Waals surface area contributed by atoms with Crippen molar-refractivity contribution in [3.8, 4) is 0 Å². The average Bonchev–Trinajstić information content (AvgIpc) is 3.43. The van der Waals surface area contributed by atoms with Crippen molar-refractivity contribution in [3.05, 3.63) is 0 Å². The summed E-state index contributed by atoms with van der Waals surface area (Å²) in [6.07, 6.45) is 0. The van der Waals surface area contributed by atoms with E-state index in [1.54, 1.807) is 0 Å². The highest BCUT2D eigenvalue weighted by Gasteiger charge is 2.18. The van der Waals surface area contributed by atoms with Crippen molar-refractivity contribution >= 4 is 0 Å². The molecule has 0 saturated carbocycles. The molecule has 0 atom stereocenters. The van der Waals surface area contributed by atoms with Crippen LogP contribution in [0.15, 0.2) is 0 Å². The number of hydrogen-bond acceptors (Lipinski definition) is 18. The zero-order valence-electron chi connectivity index (χ0n) is 67.4. The second kappa shape index (κ2) is 77.0. The molecule has 0 unspecified atom stereocenters. The van der Waals surface area contributed by atoms with Crippen LogP contribution in [0.25, 0.3) is 0 Å². The Morgan fingerprint density at radius 3 is 0.909 bits per heavy atom. The molecule has 18 heteroatoms. The molecule has 18 nitrogen and oxygen atoms in total. The third-order valence-corrected chi connectivity index (χ3v) is 14.3. The number of piperazine rings is 1. The number of ether oxygens (including phenoxy) is 1. The minimum absolute atomic E-state index is 0.314. The van der Waals surface area contributed by atoms with Gasteiger partial charge in [0.15, 0.2) is 0 Å². The van der Waals surface area contributed by atoms with Crippen LogP contribution in [0.2, 0.25) is 0 Å². The van der Waals surface area contributed by atoms with Crippen molar-refractivity contribution in [1.29, 1.82) is 0 Å². The van der Waals surface area contributed by atoms with Gasteiger partial charge in [0.1, 0.15) is 0 Å². The fourth-order valence-corrected chi connectivity index (χ4v) is 6.59. The Balaban J connectivity index is -0.0000000949. The van der Waals surface area contributed by atoms with E-state index in [4.69, 9.17) is 33.4 Å². The fourth-order valence-electron chi connectivity index (χ4n) is 6.59. The Morgan fingerprint density at radius 2 is 0.795 bits per heavy atom. The minimum Gasteiger partial charge on any atom is -0.379 e. The Kier molecular flexibility index (Phi) is 95.2. The number of nitrogens with one attached hydrogen (secondary N) is 4. The second-order valence-corrected chi connectivity index (χ2v) is 27.4. The van der Waals surface area contributed by atoms with Crippen molar-refractivity contribution in [3.63, 3.8) is 0 Å². The lowest BCUT2D eigenvalue weighted by Crippen LogP contribution is -2.46. The predicted octanol–water partition coefficient (Wildman–Crippen LogP) is 9.01. The van der Waals surface area contributed by atoms with Crippen molar-refractivity contribution in [2.75, 3.05) is 173 Å². The van der Waals surface area contributed by atoms with E-state index in [0.29, 0.717) is 72.0 Å². The molecule has 0 aromatic carbocycles. The molecule has 0 amide bonds. The summed E-state index contributed by atoms with van der Waals surface area (Å²) in [6, 6.07) is 7.53. The Labute approximate surface area is 557 Å². The SMILES string of the molecule is CC(C)N.CC(C)N(C)C.CC(C)N(C)C(C)(C)C.CC(C)N(C)CCN.CC(C)N(CCN)CCN.CC(C)N1CCNCC1.CC(C)N1CCOCC1.CC(C)NCCN.CCN(C)C(C)C.CCN(CC)C(C)C.CCNC(C)C.CNC(C)C. The van der Waals surface area contributed by atoms with Crippen LogP contribution in [0.3, 0.4) is 0 Å². The van der Waals surface area contributed by atoms with Gasteiger partial charge in [0.2, 0.25) is 0 Å². The molecule has 548 valence electrons. The molecule has 0 aromatic heterocycles. The molecule has 2 aliphatic rings. The van der Waals surface area contributed by atoms with Crippen LogP contribution in [0.5, 0.6) is 0 Å². The fraction of sp³-hybridized carbons (Fsp3) is 1.00. The first-order valence-corrected chi connectivity index (χ1v) is 35.2. The average molecular weight is 1270 g/mol. The van der Waals surface area contributed by atoms with Gasteiger partial charge in [-0.15, -0.1) is 0 Å². The van der Waals surface area contributed by atoms with Gasteiger partial charge < -0.3 is 74.3 Å². The van der Waals surface area contributed by atoms with Crippen LogP contribution >= 0.6 is 0 Å². The van der Waals surface area contributed by atoms with E-state index < -0.39 is 0 Å². The maximum atomic E-state index is 5.42. The molecule has 0 radical (unpaired) electrons. The number of rotatable bonds is 23. The molecule has 88 heavy (non-hydrogen) atoms. The molecule has 2 saturated heterocycles. The zero-order valence-corrected chi connectivity index (χ0v) is 67.4. The summed E-state index contributed by atoms with van der Waals surface area (Å²) < 4.78 is 5.21. The highest BCUT2D eigenvalue weighted by atomic mass is 16.5. The smallest absolute Gasteiger partial charge is 0.0594 e. The summed E-state index contributed by atoms with van der Waals surface area (Å²) in [7, 11) is 12.5. The quantitative estimate of drug-likeness (QED) is 0.0467. The van der Waals surface area contributed by atoms with Crippen molar-refractivity contribution in [2.24, 2.45) is 28.7 Å². The molecule has 2 aliphatic heterocycles. The highest BCUT2D eigenvalue weighted by molar-refractivity contribution is 4.75. The summed E-state index contributed by atoms with van der Waals surface area (Å²) in [6.45, 7) is 87.4. The van der Waals surface area contributed by atoms with E-state index in [1.807, 2.05) is 20.9 Å². The topological polar surface area (TPSA) is 213 Å². The van der Waals surface area contributed by atoms with Gasteiger partial charge in [-0.05, 0) is 206 Å². The predicted molar refractivity (Wildman–Crippen MR) is 406 cm³/mol. The van der Waals surface area contributed by atoms with E-state index in [0.717, 1.165) is 111 Å². The molecule has 2 fully saturated rings. The van der Waals surface area contributed by atoms with Crippen LogP contribution in [0.1, 0.15) is 215 Å². The number of hydrogen-bond donors (Lipinski definition) is 9. The first-order valence-electron chi connectivity index (χ1n) is 35.2. The van der Waals surface area contributed by atoms with Gasteiger partial charge in [0.25, 0.3) is 0 Å². The monoisotopic (exact) mass is 1270 g/mol. The first kappa shape index (κ1) is 109. The van der Waals surface area contributed by atoms with E-state index in [2.05, 4.69) is 296 Å². The molecule has 0 aliphatic carbocycles. The van der Waals surface area contributed by atoms with E-state index in [9.17, 15) is 0 Å². The number of morpholine rings is 1. The number of nitrogens with two attached hydrogens (primary N) is 5. The van der Waals surface area contributed by atoms with Gasteiger partial charge in [-0.25, -0.2) is 0 Å². The Hall–Kier alpha value is -0.720. The third-order valence-electron chi connectivity index (χ3n) is 14.3. The number of nitrogens with zero attached hydrogens (tertiary/aromatic N) is 8. The largest absolute Gasteiger partial charge is 0.379 e. The normalized spacial score (nSPS) is 13.5. The summed E-state index contributed by atoms with van der Waals surface area (Å²) in [4.78, 5) is 18.7. The minimum atomic E-state index is 0.314. The molecule has 2 heterocycles. The molecule has 0 bridgehead atoms. The van der Waals surface area contributed by atoms with Gasteiger partial charge in [0, 0.05) is 164 Å². The lowest BCUT2D eigenvalue weighted by Gasteiger charge is -2.35.